The monoisotopic (exact) mass is 464 g/mol. The first kappa shape index (κ1) is 25.1. The Labute approximate surface area is 188 Å². The Morgan fingerprint density at radius 2 is 1.72 bits per heavy atom. The van der Waals surface area contributed by atoms with Crippen molar-refractivity contribution in [2.45, 2.75) is 32.1 Å². The second-order valence-electron chi connectivity index (χ2n) is 6.62. The first-order valence-electron chi connectivity index (χ1n) is 10.1. The number of anilines is 1. The number of rotatable bonds is 11. The highest BCUT2D eigenvalue weighted by Crippen LogP contribution is 2.30. The molecule has 0 heterocycles. The Balaban J connectivity index is 2.43. The smallest absolute Gasteiger partial charge is 0.295 e. The second kappa shape index (κ2) is 10.9. The molecule has 0 atom stereocenters. The van der Waals surface area contributed by atoms with E-state index in [1.165, 1.54) is 30.7 Å². The number of nitro groups is 1. The Morgan fingerprint density at radius 3 is 2.25 bits per heavy atom. The third-order valence-electron chi connectivity index (χ3n) is 4.87. The lowest BCUT2D eigenvalue weighted by Crippen LogP contribution is -2.30. The SMILES string of the molecule is CC/C(=N/Nc1ccc(S(=O)(=O)N(CC)CC)cc1[N+](=O)[O-])c1ccc(OC)c(OC)c1. The number of hydrazone groups is 1. The molecular weight excluding hydrogens is 436 g/mol. The van der Waals surface area contributed by atoms with Gasteiger partial charge < -0.3 is 9.47 Å². The number of nitrogens with zero attached hydrogens (tertiary/aromatic N) is 3. The number of hydrogen-bond acceptors (Lipinski definition) is 8. The lowest BCUT2D eigenvalue weighted by Gasteiger charge is -2.18. The van der Waals surface area contributed by atoms with E-state index >= 15 is 0 Å². The summed E-state index contributed by atoms with van der Waals surface area (Å²) in [6.07, 6.45) is 0.532. The first-order chi connectivity index (χ1) is 15.2. The zero-order valence-electron chi connectivity index (χ0n) is 18.8. The van der Waals surface area contributed by atoms with Crippen molar-refractivity contribution < 1.29 is 22.8 Å². The molecule has 0 bridgehead atoms. The van der Waals surface area contributed by atoms with E-state index in [4.69, 9.17) is 9.47 Å². The van der Waals surface area contributed by atoms with Crippen LogP contribution in [0.1, 0.15) is 32.8 Å². The topological polar surface area (TPSA) is 123 Å². The zero-order valence-corrected chi connectivity index (χ0v) is 19.6. The van der Waals surface area contributed by atoms with E-state index < -0.39 is 14.9 Å². The number of methoxy groups -OCH3 is 2. The molecule has 2 rings (SSSR count). The van der Waals surface area contributed by atoms with Crippen LogP contribution in [0.5, 0.6) is 11.5 Å². The minimum Gasteiger partial charge on any atom is -0.493 e. The normalized spacial score (nSPS) is 12.0. The highest BCUT2D eigenvalue weighted by molar-refractivity contribution is 7.89. The average Bonchev–Trinajstić information content (AvgIpc) is 2.79. The fraction of sp³-hybridized carbons (Fsp3) is 0.381. The molecule has 0 aromatic heterocycles. The minimum atomic E-state index is -3.83. The maximum atomic E-state index is 12.7. The lowest BCUT2D eigenvalue weighted by molar-refractivity contribution is -0.384. The van der Waals surface area contributed by atoms with Gasteiger partial charge in [0, 0.05) is 24.7 Å². The van der Waals surface area contributed by atoms with Gasteiger partial charge in [0.1, 0.15) is 5.69 Å². The molecule has 0 aliphatic carbocycles. The van der Waals surface area contributed by atoms with Crippen LogP contribution in [0.15, 0.2) is 46.4 Å². The van der Waals surface area contributed by atoms with E-state index in [9.17, 15) is 18.5 Å². The summed E-state index contributed by atoms with van der Waals surface area (Å²) in [6.45, 7) is 5.84. The number of hydrogen-bond donors (Lipinski definition) is 1. The first-order valence-corrected chi connectivity index (χ1v) is 11.5. The van der Waals surface area contributed by atoms with Crippen LogP contribution in [0.25, 0.3) is 0 Å². The van der Waals surface area contributed by atoms with Crippen molar-refractivity contribution in [3.63, 3.8) is 0 Å². The van der Waals surface area contributed by atoms with Gasteiger partial charge in [-0.15, -0.1) is 0 Å². The van der Waals surface area contributed by atoms with Crippen molar-refractivity contribution in [3.8, 4) is 11.5 Å². The molecule has 0 aliphatic heterocycles. The van der Waals surface area contributed by atoms with Gasteiger partial charge in [0.15, 0.2) is 11.5 Å². The maximum absolute atomic E-state index is 12.7. The summed E-state index contributed by atoms with van der Waals surface area (Å²) < 4.78 is 37.2. The Bertz CT molecular complexity index is 1100. The molecule has 0 fully saturated rings. The average molecular weight is 465 g/mol. The van der Waals surface area contributed by atoms with Crippen LogP contribution in [-0.2, 0) is 10.0 Å². The number of ether oxygens (including phenoxy) is 2. The molecule has 11 heteroatoms. The molecule has 0 spiro atoms. The predicted octanol–water partition coefficient (Wildman–Crippen LogP) is 3.87. The van der Waals surface area contributed by atoms with Crippen molar-refractivity contribution in [1.82, 2.24) is 4.31 Å². The van der Waals surface area contributed by atoms with E-state index in [-0.39, 0.29) is 29.4 Å². The summed E-state index contributed by atoms with van der Waals surface area (Å²) in [4.78, 5) is 10.8. The van der Waals surface area contributed by atoms with E-state index in [2.05, 4.69) is 10.5 Å². The van der Waals surface area contributed by atoms with Gasteiger partial charge in [0.05, 0.1) is 29.8 Å². The predicted molar refractivity (Wildman–Crippen MR) is 123 cm³/mol. The van der Waals surface area contributed by atoms with Crippen molar-refractivity contribution >= 4 is 27.1 Å². The highest BCUT2D eigenvalue weighted by Gasteiger charge is 2.25. The summed E-state index contributed by atoms with van der Waals surface area (Å²) in [5, 5.41) is 15.9. The third kappa shape index (κ3) is 5.35. The molecule has 174 valence electrons. The highest BCUT2D eigenvalue weighted by atomic mass is 32.2. The van der Waals surface area contributed by atoms with Crippen LogP contribution < -0.4 is 14.9 Å². The Kier molecular flexibility index (Phi) is 8.56. The van der Waals surface area contributed by atoms with Gasteiger partial charge in [-0.05, 0) is 36.8 Å². The number of sulfonamides is 1. The molecule has 1 N–H and O–H groups in total. The van der Waals surface area contributed by atoms with Crippen molar-refractivity contribution in [3.05, 3.63) is 52.1 Å². The van der Waals surface area contributed by atoms with Crippen molar-refractivity contribution in [2.75, 3.05) is 32.7 Å². The summed E-state index contributed by atoms with van der Waals surface area (Å²) in [7, 11) is -0.761. The fourth-order valence-corrected chi connectivity index (χ4v) is 4.60. The molecule has 0 saturated carbocycles. The van der Waals surface area contributed by atoms with Crippen LogP contribution in [0.3, 0.4) is 0 Å². The molecule has 0 radical (unpaired) electrons. The Hall–Kier alpha value is -3.18. The van der Waals surface area contributed by atoms with Crippen molar-refractivity contribution in [1.29, 1.82) is 0 Å². The van der Waals surface area contributed by atoms with E-state index in [1.54, 1.807) is 32.0 Å². The van der Waals surface area contributed by atoms with Crippen LogP contribution in [0, 0.1) is 10.1 Å². The molecule has 2 aromatic carbocycles. The Morgan fingerprint density at radius 1 is 1.06 bits per heavy atom. The fourth-order valence-electron chi connectivity index (χ4n) is 3.12. The summed E-state index contributed by atoms with van der Waals surface area (Å²) >= 11 is 0. The third-order valence-corrected chi connectivity index (χ3v) is 6.92. The number of nitrogens with one attached hydrogen (secondary N) is 1. The van der Waals surface area contributed by atoms with Gasteiger partial charge >= 0.3 is 0 Å². The zero-order chi connectivity index (χ0) is 23.9. The largest absolute Gasteiger partial charge is 0.493 e. The summed E-state index contributed by atoms with van der Waals surface area (Å²) in [6, 6.07) is 9.04. The molecular formula is C21H28N4O6S. The van der Waals surface area contributed by atoms with Gasteiger partial charge in [-0.2, -0.15) is 9.41 Å². The van der Waals surface area contributed by atoms with Gasteiger partial charge in [-0.3, -0.25) is 15.5 Å². The summed E-state index contributed by atoms with van der Waals surface area (Å²) in [5.74, 6) is 1.10. The lowest BCUT2D eigenvalue weighted by atomic mass is 10.1. The van der Waals surface area contributed by atoms with E-state index in [1.807, 2.05) is 6.92 Å². The molecule has 10 nitrogen and oxygen atoms in total. The van der Waals surface area contributed by atoms with Gasteiger partial charge in [-0.25, -0.2) is 8.42 Å². The van der Waals surface area contributed by atoms with Crippen LogP contribution in [0.2, 0.25) is 0 Å². The molecule has 2 aromatic rings. The van der Waals surface area contributed by atoms with Gasteiger partial charge in [0.25, 0.3) is 5.69 Å². The van der Waals surface area contributed by atoms with E-state index in [0.29, 0.717) is 23.6 Å². The number of nitro benzene ring substituents is 1. The quantitative estimate of drug-likeness (QED) is 0.304. The van der Waals surface area contributed by atoms with Crippen LogP contribution in [0.4, 0.5) is 11.4 Å². The maximum Gasteiger partial charge on any atom is 0.295 e. The van der Waals surface area contributed by atoms with Crippen molar-refractivity contribution in [2.24, 2.45) is 5.10 Å². The molecule has 0 saturated heterocycles. The molecule has 0 aliphatic rings. The van der Waals surface area contributed by atoms with Gasteiger partial charge in [0.2, 0.25) is 10.0 Å². The summed E-state index contributed by atoms with van der Waals surface area (Å²) in [5.41, 5.74) is 3.79. The molecule has 0 unspecified atom stereocenters. The van der Waals surface area contributed by atoms with Gasteiger partial charge in [-0.1, -0.05) is 20.8 Å². The van der Waals surface area contributed by atoms with Crippen LogP contribution >= 0.6 is 0 Å². The number of benzene rings is 2. The van der Waals surface area contributed by atoms with E-state index in [0.717, 1.165) is 11.6 Å². The molecule has 32 heavy (non-hydrogen) atoms. The minimum absolute atomic E-state index is 0.0833. The standard InChI is InChI=1S/C21H28N4O6S/c1-6-17(15-9-12-20(30-4)21(13-15)31-5)22-23-18-11-10-16(14-19(18)25(26)27)32(28,29)24(7-2)8-3/h9-14,23H,6-8H2,1-5H3/b22-17-. The second-order valence-corrected chi connectivity index (χ2v) is 8.56. The van der Waals surface area contributed by atoms with Crippen LogP contribution in [-0.4, -0.2) is 50.7 Å². The molecule has 0 amide bonds.